The largest absolute Gasteiger partial charge is 0.378 e. The van der Waals surface area contributed by atoms with E-state index in [1.165, 1.54) is 11.8 Å². The quantitative estimate of drug-likeness (QED) is 0.400. The Bertz CT molecular complexity index is 1230. The Morgan fingerprint density at radius 2 is 1.88 bits per heavy atom. The van der Waals surface area contributed by atoms with Crippen molar-refractivity contribution in [1.29, 1.82) is 0 Å². The number of imidazole rings is 1. The van der Waals surface area contributed by atoms with E-state index >= 15 is 0 Å². The van der Waals surface area contributed by atoms with Crippen LogP contribution in [0.3, 0.4) is 0 Å². The fraction of sp³-hybridized carbons (Fsp3) is 0.318. The summed E-state index contributed by atoms with van der Waals surface area (Å²) in [7, 11) is 0. The molecule has 0 unspecified atom stereocenters. The summed E-state index contributed by atoms with van der Waals surface area (Å²) < 4.78 is 36.1. The van der Waals surface area contributed by atoms with Gasteiger partial charge in [-0.05, 0) is 36.8 Å². The first-order valence-electron chi connectivity index (χ1n) is 10.3. The number of ether oxygens (including phenoxy) is 1. The Labute approximate surface area is 188 Å². The molecule has 2 aromatic heterocycles. The molecule has 10 heteroatoms. The molecular weight excluding hydrogens is 434 g/mol. The lowest BCUT2D eigenvalue weighted by molar-refractivity contribution is 0.0722. The minimum atomic E-state index is -2.67. The van der Waals surface area contributed by atoms with Crippen LogP contribution in [-0.4, -0.2) is 50.6 Å². The normalized spacial score (nSPS) is 14.6. The molecule has 32 heavy (non-hydrogen) atoms. The fourth-order valence-electron chi connectivity index (χ4n) is 3.86. The highest BCUT2D eigenvalue weighted by molar-refractivity contribution is 7.98. The minimum absolute atomic E-state index is 0.242. The Morgan fingerprint density at radius 1 is 1.06 bits per heavy atom. The van der Waals surface area contributed by atoms with Gasteiger partial charge in [-0.1, -0.05) is 36.0 Å². The van der Waals surface area contributed by atoms with Crippen molar-refractivity contribution in [2.45, 2.75) is 24.4 Å². The summed E-state index contributed by atoms with van der Waals surface area (Å²) in [6.07, 6.45) is 0. The first-order chi connectivity index (χ1) is 15.6. The van der Waals surface area contributed by atoms with E-state index in [0.717, 1.165) is 34.9 Å². The molecule has 0 aliphatic carbocycles. The predicted molar refractivity (Wildman–Crippen MR) is 120 cm³/mol. The molecule has 0 N–H and O–H groups in total. The van der Waals surface area contributed by atoms with Crippen LogP contribution in [0.15, 0.2) is 53.7 Å². The molecule has 7 nitrogen and oxygen atoms in total. The number of halogens is 2. The maximum atomic E-state index is 13.8. The van der Waals surface area contributed by atoms with Crippen molar-refractivity contribution < 1.29 is 13.5 Å². The van der Waals surface area contributed by atoms with E-state index in [2.05, 4.69) is 26.1 Å². The molecule has 1 saturated heterocycles. The molecule has 2 aromatic carbocycles. The molecule has 0 bridgehead atoms. The minimum Gasteiger partial charge on any atom is -0.378 e. The van der Waals surface area contributed by atoms with Gasteiger partial charge in [-0.3, -0.25) is 9.13 Å². The second-order valence-electron chi connectivity index (χ2n) is 7.51. The maximum Gasteiger partial charge on any atom is 0.320 e. The van der Waals surface area contributed by atoms with Crippen LogP contribution in [0.4, 0.5) is 14.7 Å². The Balaban J connectivity index is 1.51. The average molecular weight is 457 g/mol. The van der Waals surface area contributed by atoms with E-state index in [1.54, 1.807) is 24.3 Å². The Hall–Kier alpha value is -2.98. The summed E-state index contributed by atoms with van der Waals surface area (Å²) in [5, 5.41) is 9.48. The van der Waals surface area contributed by atoms with Gasteiger partial charge in [-0.15, -0.1) is 10.2 Å². The number of anilines is 1. The summed E-state index contributed by atoms with van der Waals surface area (Å²) in [4.78, 5) is 6.58. The molecule has 4 aromatic rings. The first kappa shape index (κ1) is 20.9. The highest BCUT2D eigenvalue weighted by atomic mass is 32.2. The molecule has 166 valence electrons. The summed E-state index contributed by atoms with van der Waals surface area (Å²) in [6.45, 7) is 2.05. The van der Waals surface area contributed by atoms with Crippen molar-refractivity contribution in [3.63, 3.8) is 0 Å². The van der Waals surface area contributed by atoms with Gasteiger partial charge in [0.05, 0.1) is 35.7 Å². The molecule has 0 spiro atoms. The summed E-state index contributed by atoms with van der Waals surface area (Å²) in [5.41, 5.74) is 3.02. The van der Waals surface area contributed by atoms with E-state index in [0.29, 0.717) is 35.2 Å². The van der Waals surface area contributed by atoms with Crippen LogP contribution in [0, 0.1) is 6.92 Å². The standard InChI is InChI=1S/C22H22F2N6OS/c1-15-5-4-6-16(13-15)29-21(28-9-11-31-12-10-28)26-27-22(29)32-14-19-25-17-7-2-3-8-18(17)30(19)20(23)24/h2-8,13,20H,9-12,14H2,1H3. The van der Waals surface area contributed by atoms with Crippen LogP contribution >= 0.6 is 11.8 Å². The summed E-state index contributed by atoms with van der Waals surface area (Å²) >= 11 is 1.35. The highest BCUT2D eigenvalue weighted by Gasteiger charge is 2.23. The molecule has 1 fully saturated rings. The highest BCUT2D eigenvalue weighted by Crippen LogP contribution is 2.31. The number of fused-ring (bicyclic) bond motifs is 1. The number of thioether (sulfide) groups is 1. The van der Waals surface area contributed by atoms with Crippen molar-refractivity contribution in [3.8, 4) is 5.69 Å². The van der Waals surface area contributed by atoms with Crippen LogP contribution in [0.2, 0.25) is 0 Å². The zero-order valence-electron chi connectivity index (χ0n) is 17.5. The number of benzene rings is 2. The van der Waals surface area contributed by atoms with E-state index in [4.69, 9.17) is 4.74 Å². The number of rotatable bonds is 6. The summed E-state index contributed by atoms with van der Waals surface area (Å²) in [5.74, 6) is 1.27. The molecule has 5 rings (SSSR count). The smallest absolute Gasteiger partial charge is 0.320 e. The van der Waals surface area contributed by atoms with Crippen molar-refractivity contribution in [2.24, 2.45) is 0 Å². The van der Waals surface area contributed by atoms with E-state index < -0.39 is 6.55 Å². The van der Waals surface area contributed by atoms with Gasteiger partial charge in [0.15, 0.2) is 5.16 Å². The first-order valence-corrected chi connectivity index (χ1v) is 11.3. The third kappa shape index (κ3) is 3.95. The maximum absolute atomic E-state index is 13.8. The number of para-hydroxylation sites is 2. The van der Waals surface area contributed by atoms with Gasteiger partial charge < -0.3 is 9.64 Å². The number of morpholine rings is 1. The zero-order valence-corrected chi connectivity index (χ0v) is 18.3. The molecule has 1 aliphatic heterocycles. The van der Waals surface area contributed by atoms with E-state index in [9.17, 15) is 8.78 Å². The van der Waals surface area contributed by atoms with Gasteiger partial charge in [-0.25, -0.2) is 4.98 Å². The number of alkyl halides is 2. The van der Waals surface area contributed by atoms with Crippen molar-refractivity contribution in [1.82, 2.24) is 24.3 Å². The van der Waals surface area contributed by atoms with Gasteiger partial charge >= 0.3 is 6.55 Å². The van der Waals surface area contributed by atoms with Gasteiger partial charge in [0.1, 0.15) is 5.82 Å². The predicted octanol–water partition coefficient (Wildman–Crippen LogP) is 4.45. The van der Waals surface area contributed by atoms with Crippen molar-refractivity contribution in [2.75, 3.05) is 31.2 Å². The number of hydrogen-bond donors (Lipinski definition) is 0. The molecule has 3 heterocycles. The second-order valence-corrected chi connectivity index (χ2v) is 8.45. The summed E-state index contributed by atoms with van der Waals surface area (Å²) in [6, 6.07) is 15.0. The number of nitrogens with zero attached hydrogens (tertiary/aromatic N) is 6. The number of aryl methyl sites for hydroxylation is 1. The number of aromatic nitrogens is 5. The third-order valence-corrected chi connectivity index (χ3v) is 6.29. The van der Waals surface area contributed by atoms with Gasteiger partial charge in [-0.2, -0.15) is 8.78 Å². The lowest BCUT2D eigenvalue weighted by atomic mass is 10.2. The molecule has 0 saturated carbocycles. The van der Waals surface area contributed by atoms with Gasteiger partial charge in [0, 0.05) is 13.1 Å². The van der Waals surface area contributed by atoms with Crippen LogP contribution in [0.5, 0.6) is 0 Å². The molecule has 0 atom stereocenters. The molecule has 0 amide bonds. The van der Waals surface area contributed by atoms with E-state index in [-0.39, 0.29) is 5.75 Å². The Morgan fingerprint density at radius 3 is 2.66 bits per heavy atom. The molecular formula is C22H22F2N6OS. The van der Waals surface area contributed by atoms with Gasteiger partial charge in [0.25, 0.3) is 0 Å². The van der Waals surface area contributed by atoms with Crippen LogP contribution < -0.4 is 4.90 Å². The molecule has 1 aliphatic rings. The zero-order chi connectivity index (χ0) is 22.1. The van der Waals surface area contributed by atoms with Crippen LogP contribution in [-0.2, 0) is 10.5 Å². The Kier molecular flexibility index (Phi) is 5.79. The van der Waals surface area contributed by atoms with E-state index in [1.807, 2.05) is 29.7 Å². The third-order valence-electron chi connectivity index (χ3n) is 5.36. The fourth-order valence-corrected chi connectivity index (χ4v) is 4.74. The lowest BCUT2D eigenvalue weighted by Gasteiger charge is -2.28. The van der Waals surface area contributed by atoms with Crippen LogP contribution in [0.1, 0.15) is 17.9 Å². The topological polar surface area (TPSA) is 61.0 Å². The number of hydrogen-bond acceptors (Lipinski definition) is 6. The SMILES string of the molecule is Cc1cccc(-n2c(SCc3nc4ccccc4n3C(F)F)nnc2N2CCOCC2)c1. The lowest BCUT2D eigenvalue weighted by Crippen LogP contribution is -2.37. The van der Waals surface area contributed by atoms with Crippen molar-refractivity contribution in [3.05, 3.63) is 59.9 Å². The van der Waals surface area contributed by atoms with Crippen LogP contribution in [0.25, 0.3) is 16.7 Å². The van der Waals surface area contributed by atoms with Crippen molar-refractivity contribution >= 4 is 28.7 Å². The monoisotopic (exact) mass is 456 g/mol. The second kappa shape index (κ2) is 8.87. The average Bonchev–Trinajstić information content (AvgIpc) is 3.39. The molecule has 0 radical (unpaired) electrons. The van der Waals surface area contributed by atoms with Gasteiger partial charge in [0.2, 0.25) is 5.95 Å².